The Kier molecular flexibility index (Phi) is 3.82. The molecule has 0 aliphatic heterocycles. The lowest BCUT2D eigenvalue weighted by Gasteiger charge is -2.08. The van der Waals surface area contributed by atoms with Gasteiger partial charge in [0.1, 0.15) is 0 Å². The maximum atomic E-state index is 12.5. The van der Waals surface area contributed by atoms with Crippen molar-refractivity contribution in [1.82, 2.24) is 4.57 Å². The maximum absolute atomic E-state index is 12.5. The first kappa shape index (κ1) is 13.6. The lowest BCUT2D eigenvalue weighted by Crippen LogP contribution is -2.10. The zero-order valence-corrected chi connectivity index (χ0v) is 9.03. The Morgan fingerprint density at radius 3 is 2.41 bits per heavy atom. The van der Waals surface area contributed by atoms with Crippen molar-refractivity contribution in [2.45, 2.75) is 19.6 Å². The molecule has 1 rings (SSSR count). The summed E-state index contributed by atoms with van der Waals surface area (Å²) < 4.78 is 38.7. The SMILES string of the molecule is CC(CO)Cn1cc(C(=O)O)c(C(F)(F)F)c1. The molecule has 1 aromatic heterocycles. The summed E-state index contributed by atoms with van der Waals surface area (Å²) in [4.78, 5) is 10.7. The number of halogens is 3. The van der Waals surface area contributed by atoms with Crippen LogP contribution in [-0.4, -0.2) is 27.4 Å². The summed E-state index contributed by atoms with van der Waals surface area (Å²) in [5.74, 6) is -1.86. The van der Waals surface area contributed by atoms with E-state index in [0.29, 0.717) is 0 Å². The van der Waals surface area contributed by atoms with Crippen molar-refractivity contribution in [3.63, 3.8) is 0 Å². The molecule has 0 bridgehead atoms. The van der Waals surface area contributed by atoms with Gasteiger partial charge < -0.3 is 14.8 Å². The van der Waals surface area contributed by atoms with Crippen LogP contribution in [0.1, 0.15) is 22.8 Å². The Balaban J connectivity index is 3.09. The zero-order chi connectivity index (χ0) is 13.2. The summed E-state index contributed by atoms with van der Waals surface area (Å²) in [7, 11) is 0. The van der Waals surface area contributed by atoms with E-state index in [1.54, 1.807) is 6.92 Å². The molecule has 1 atom stereocenters. The topological polar surface area (TPSA) is 62.5 Å². The maximum Gasteiger partial charge on any atom is 0.418 e. The predicted octanol–water partition coefficient (Wildman–Crippen LogP) is 1.83. The smallest absolute Gasteiger partial charge is 0.418 e. The highest BCUT2D eigenvalue weighted by atomic mass is 19.4. The van der Waals surface area contributed by atoms with Crippen molar-refractivity contribution in [3.8, 4) is 0 Å². The zero-order valence-electron chi connectivity index (χ0n) is 9.03. The lowest BCUT2D eigenvalue weighted by molar-refractivity contribution is -0.138. The molecule has 1 aromatic rings. The summed E-state index contributed by atoms with van der Waals surface area (Å²) in [6, 6.07) is 0. The minimum Gasteiger partial charge on any atom is -0.478 e. The molecule has 96 valence electrons. The fraction of sp³-hybridized carbons (Fsp3) is 0.500. The number of hydrogen-bond donors (Lipinski definition) is 2. The van der Waals surface area contributed by atoms with Gasteiger partial charge in [0, 0.05) is 25.5 Å². The highest BCUT2D eigenvalue weighted by Crippen LogP contribution is 2.32. The first-order valence-electron chi connectivity index (χ1n) is 4.86. The molecular formula is C10H12F3NO3. The van der Waals surface area contributed by atoms with Gasteiger partial charge in [-0.15, -0.1) is 0 Å². The van der Waals surface area contributed by atoms with E-state index in [2.05, 4.69) is 0 Å². The number of rotatable bonds is 4. The molecule has 0 spiro atoms. The van der Waals surface area contributed by atoms with Crippen molar-refractivity contribution in [3.05, 3.63) is 23.5 Å². The second-order valence-electron chi connectivity index (χ2n) is 3.87. The number of carbonyl (C=O) groups is 1. The van der Waals surface area contributed by atoms with Crippen LogP contribution in [0.4, 0.5) is 13.2 Å². The normalized spacial score (nSPS) is 13.7. The molecule has 4 nitrogen and oxygen atoms in total. The molecule has 1 heterocycles. The molecule has 1 unspecified atom stereocenters. The predicted molar refractivity (Wildman–Crippen MR) is 52.6 cm³/mol. The number of nitrogens with zero attached hydrogens (tertiary/aromatic N) is 1. The van der Waals surface area contributed by atoms with Crippen LogP contribution in [0.2, 0.25) is 0 Å². The van der Waals surface area contributed by atoms with E-state index >= 15 is 0 Å². The molecule has 2 N–H and O–H groups in total. The number of aliphatic hydroxyl groups is 1. The van der Waals surface area contributed by atoms with Gasteiger partial charge in [-0.3, -0.25) is 0 Å². The van der Waals surface area contributed by atoms with E-state index in [9.17, 15) is 18.0 Å². The lowest BCUT2D eigenvalue weighted by atomic mass is 10.2. The molecule has 17 heavy (non-hydrogen) atoms. The van der Waals surface area contributed by atoms with Crippen LogP contribution >= 0.6 is 0 Å². The van der Waals surface area contributed by atoms with E-state index in [-0.39, 0.29) is 19.1 Å². The first-order chi connectivity index (χ1) is 7.75. The van der Waals surface area contributed by atoms with Crippen molar-refractivity contribution in [1.29, 1.82) is 0 Å². The summed E-state index contributed by atoms with van der Waals surface area (Å²) in [6.45, 7) is 1.60. The van der Waals surface area contributed by atoms with Crippen LogP contribution in [0.15, 0.2) is 12.4 Å². The van der Waals surface area contributed by atoms with Crippen molar-refractivity contribution < 1.29 is 28.2 Å². The van der Waals surface area contributed by atoms with E-state index in [1.165, 1.54) is 0 Å². The van der Waals surface area contributed by atoms with Crippen molar-refractivity contribution in [2.24, 2.45) is 5.92 Å². The van der Waals surface area contributed by atoms with Gasteiger partial charge in [-0.1, -0.05) is 6.92 Å². The standard InChI is InChI=1S/C10H12F3NO3/c1-6(5-15)2-14-3-7(9(16)17)8(4-14)10(11,12)13/h3-4,6,15H,2,5H2,1H3,(H,16,17). The summed E-state index contributed by atoms with van der Waals surface area (Å²) in [5, 5.41) is 17.5. The molecule has 0 saturated heterocycles. The molecular weight excluding hydrogens is 239 g/mol. The highest BCUT2D eigenvalue weighted by molar-refractivity contribution is 5.89. The molecule has 0 aliphatic rings. The quantitative estimate of drug-likeness (QED) is 0.858. The third-order valence-corrected chi connectivity index (χ3v) is 2.25. The largest absolute Gasteiger partial charge is 0.478 e. The Hall–Kier alpha value is -1.50. The number of aromatic carboxylic acids is 1. The number of carboxylic acids is 1. The number of hydrogen-bond acceptors (Lipinski definition) is 2. The minimum absolute atomic E-state index is 0.132. The van der Waals surface area contributed by atoms with E-state index < -0.39 is 23.3 Å². The molecule has 0 aromatic carbocycles. The van der Waals surface area contributed by atoms with Crippen molar-refractivity contribution in [2.75, 3.05) is 6.61 Å². The molecule has 0 aliphatic carbocycles. The Labute approximate surface area is 95.3 Å². The van der Waals surface area contributed by atoms with Gasteiger partial charge in [-0.25, -0.2) is 4.79 Å². The molecule has 0 amide bonds. The van der Waals surface area contributed by atoms with E-state index in [0.717, 1.165) is 17.0 Å². The van der Waals surface area contributed by atoms with Gasteiger partial charge in [0.05, 0.1) is 11.1 Å². The monoisotopic (exact) mass is 251 g/mol. The fourth-order valence-electron chi connectivity index (χ4n) is 1.43. The molecule has 0 saturated carbocycles. The van der Waals surface area contributed by atoms with Crippen LogP contribution in [0, 0.1) is 5.92 Å². The number of alkyl halides is 3. The summed E-state index contributed by atoms with van der Waals surface area (Å²) >= 11 is 0. The van der Waals surface area contributed by atoms with Crippen LogP contribution in [0.5, 0.6) is 0 Å². The average molecular weight is 251 g/mol. The fourth-order valence-corrected chi connectivity index (χ4v) is 1.43. The van der Waals surface area contributed by atoms with E-state index in [1.807, 2.05) is 0 Å². The third-order valence-electron chi connectivity index (χ3n) is 2.25. The summed E-state index contributed by atoms with van der Waals surface area (Å²) in [6.07, 6.45) is -3.02. The van der Waals surface area contributed by atoms with Gasteiger partial charge in [-0.05, 0) is 5.92 Å². The van der Waals surface area contributed by atoms with Gasteiger partial charge in [-0.2, -0.15) is 13.2 Å². The van der Waals surface area contributed by atoms with E-state index in [4.69, 9.17) is 10.2 Å². The van der Waals surface area contributed by atoms with Crippen LogP contribution < -0.4 is 0 Å². The third kappa shape index (κ3) is 3.23. The number of aliphatic hydroxyl groups excluding tert-OH is 1. The molecule has 0 radical (unpaired) electrons. The second kappa shape index (κ2) is 4.79. The molecule has 0 fully saturated rings. The number of aromatic nitrogens is 1. The number of carboxylic acid groups (broad SMARTS) is 1. The van der Waals surface area contributed by atoms with Crippen LogP contribution in [0.25, 0.3) is 0 Å². The Morgan fingerprint density at radius 1 is 1.47 bits per heavy atom. The Morgan fingerprint density at radius 2 is 2.06 bits per heavy atom. The second-order valence-corrected chi connectivity index (χ2v) is 3.87. The van der Waals surface area contributed by atoms with Gasteiger partial charge in [0.15, 0.2) is 0 Å². The van der Waals surface area contributed by atoms with Crippen LogP contribution in [0.3, 0.4) is 0 Å². The molecule has 7 heteroatoms. The van der Waals surface area contributed by atoms with Crippen LogP contribution in [-0.2, 0) is 12.7 Å². The summed E-state index contributed by atoms with van der Waals surface area (Å²) in [5.41, 5.74) is -1.95. The minimum atomic E-state index is -4.69. The van der Waals surface area contributed by atoms with Crippen molar-refractivity contribution >= 4 is 5.97 Å². The van der Waals surface area contributed by atoms with Gasteiger partial charge >= 0.3 is 12.1 Å². The van der Waals surface area contributed by atoms with Gasteiger partial charge in [0.25, 0.3) is 0 Å². The van der Waals surface area contributed by atoms with Gasteiger partial charge in [0.2, 0.25) is 0 Å². The Bertz CT molecular complexity index is 411. The first-order valence-corrected chi connectivity index (χ1v) is 4.86. The average Bonchev–Trinajstić information content (AvgIpc) is 2.61. The highest BCUT2D eigenvalue weighted by Gasteiger charge is 2.37.